The number of fused-ring (bicyclic) bond motifs is 10. The molecular formula is C42H54N8O4. The molecule has 6 unspecified atom stereocenters. The molecule has 286 valence electrons. The van der Waals surface area contributed by atoms with E-state index in [2.05, 4.69) is 51.8 Å². The number of rotatable bonds is 5. The maximum absolute atomic E-state index is 10.2. The maximum atomic E-state index is 10.2. The van der Waals surface area contributed by atoms with Gasteiger partial charge in [-0.3, -0.25) is 0 Å². The summed E-state index contributed by atoms with van der Waals surface area (Å²) in [5, 5.41) is 40.8. The Hall–Kier alpha value is -4.61. The minimum Gasteiger partial charge on any atom is -0.504 e. The number of methoxy groups -OCH3 is 2. The van der Waals surface area contributed by atoms with Crippen molar-refractivity contribution in [1.82, 2.24) is 29.7 Å². The van der Waals surface area contributed by atoms with Crippen molar-refractivity contribution in [3.8, 4) is 23.0 Å². The van der Waals surface area contributed by atoms with Crippen LogP contribution in [0.3, 0.4) is 0 Å². The number of aromatic hydroxyl groups is 2. The van der Waals surface area contributed by atoms with E-state index in [4.69, 9.17) is 14.6 Å². The molecule has 12 heteroatoms. The van der Waals surface area contributed by atoms with E-state index in [-0.39, 0.29) is 16.9 Å². The molecule has 4 aromatic rings. The number of aromatic nitrogens is 6. The van der Waals surface area contributed by atoms with Crippen LogP contribution in [0.25, 0.3) is 0 Å². The Bertz CT molecular complexity index is 2020. The third-order valence-corrected chi connectivity index (χ3v) is 15.2. The fourth-order valence-electron chi connectivity index (χ4n) is 12.5. The summed E-state index contributed by atoms with van der Waals surface area (Å²) in [6.45, 7) is 4.90. The number of hydrogen-bond donors (Lipinski definition) is 3. The first-order valence-electron chi connectivity index (χ1n) is 20.0. The predicted octanol–water partition coefficient (Wildman–Crippen LogP) is 7.21. The van der Waals surface area contributed by atoms with Gasteiger partial charge in [0.15, 0.2) is 23.0 Å². The summed E-state index contributed by atoms with van der Waals surface area (Å²) in [5.74, 6) is 5.71. The maximum Gasteiger partial charge on any atom is 0.160 e. The van der Waals surface area contributed by atoms with Crippen molar-refractivity contribution in [3.05, 3.63) is 71.8 Å². The fourth-order valence-corrected chi connectivity index (χ4v) is 12.5. The summed E-state index contributed by atoms with van der Waals surface area (Å²) in [7, 11) is 3.27. The van der Waals surface area contributed by atoms with Gasteiger partial charge in [0, 0.05) is 17.2 Å². The van der Waals surface area contributed by atoms with E-state index >= 15 is 0 Å². The molecule has 0 bridgehead atoms. The van der Waals surface area contributed by atoms with Crippen molar-refractivity contribution < 1.29 is 19.7 Å². The number of aryl methyl sites for hydroxylation is 2. The van der Waals surface area contributed by atoms with E-state index in [0.29, 0.717) is 46.6 Å². The first-order valence-corrected chi connectivity index (χ1v) is 20.0. The van der Waals surface area contributed by atoms with Gasteiger partial charge in [-0.2, -0.15) is 5.10 Å². The summed E-state index contributed by atoms with van der Waals surface area (Å²) < 4.78 is 14.4. The second-order valence-corrected chi connectivity index (χ2v) is 17.3. The van der Waals surface area contributed by atoms with Crippen molar-refractivity contribution in [3.63, 3.8) is 0 Å². The minimum absolute atomic E-state index is 0.171. The van der Waals surface area contributed by atoms with Crippen LogP contribution >= 0.6 is 0 Å². The molecule has 6 aliphatic rings. The van der Waals surface area contributed by atoms with E-state index in [0.717, 1.165) is 37.5 Å². The van der Waals surface area contributed by atoms with Crippen molar-refractivity contribution >= 4 is 5.71 Å². The quantitative estimate of drug-likeness (QED) is 0.194. The standard InChI is InChI=1S/C21H28N4O2.C21H26N4O2/c2*1-21-8-7-14-15(4-3-13-9-18(26)19(27-2)10-16(13)14)17(21)5-6-20(21)24-25-11-22-23-12-25/h9-12,14-15,17,20,24,26H,3-8H2,1-2H3;9-12,14-15,17,26H,3-8H2,1-2H3/b;24-20+/t14?,15?,17?,20-,21-;14?,15?,17?,21-/m00/s1. The molecule has 10 rings (SSSR count). The highest BCUT2D eigenvalue weighted by atomic mass is 16.5. The Balaban J connectivity index is 0.000000142. The van der Waals surface area contributed by atoms with Crippen LogP contribution in [0.1, 0.15) is 112 Å². The molecule has 54 heavy (non-hydrogen) atoms. The molecule has 9 atom stereocenters. The Morgan fingerprint density at radius 1 is 0.685 bits per heavy atom. The van der Waals surface area contributed by atoms with Crippen LogP contribution in [0.15, 0.2) is 54.7 Å². The molecule has 4 fully saturated rings. The van der Waals surface area contributed by atoms with Gasteiger partial charge < -0.3 is 25.1 Å². The average Bonchev–Trinajstić information content (AvgIpc) is 4.00. The SMILES string of the molecule is COc1cc2c(cc1O)CCC1C2CC[C@@]2(C)C1CC[C@@H]2Nn1cnnc1.COc1cc2c(cc1O)CCC1C2CC[C@]2(C)/C(=N/n3cnnc3)CCC12. The summed E-state index contributed by atoms with van der Waals surface area (Å²) in [6.07, 6.45) is 20.9. The third-order valence-electron chi connectivity index (χ3n) is 15.2. The summed E-state index contributed by atoms with van der Waals surface area (Å²) in [4.78, 5) is 0. The Kier molecular flexibility index (Phi) is 8.84. The van der Waals surface area contributed by atoms with Gasteiger partial charge >= 0.3 is 0 Å². The first kappa shape index (κ1) is 35.1. The molecular weight excluding hydrogens is 681 g/mol. The zero-order valence-electron chi connectivity index (χ0n) is 32.0. The van der Waals surface area contributed by atoms with Gasteiger partial charge in [-0.1, -0.05) is 13.8 Å². The van der Waals surface area contributed by atoms with Gasteiger partial charge in [0.25, 0.3) is 0 Å². The number of nitrogens with zero attached hydrogens (tertiary/aromatic N) is 7. The molecule has 0 spiro atoms. The minimum atomic E-state index is 0.171. The summed E-state index contributed by atoms with van der Waals surface area (Å²) >= 11 is 0. The molecule has 3 N–H and O–H groups in total. The average molecular weight is 735 g/mol. The van der Waals surface area contributed by atoms with Crippen LogP contribution in [0.4, 0.5) is 0 Å². The highest BCUT2D eigenvalue weighted by molar-refractivity contribution is 5.92. The van der Waals surface area contributed by atoms with Crippen LogP contribution in [-0.4, -0.2) is 65.9 Å². The van der Waals surface area contributed by atoms with E-state index in [1.807, 2.05) is 16.8 Å². The van der Waals surface area contributed by atoms with Gasteiger partial charge in [-0.05, 0) is 164 Å². The smallest absolute Gasteiger partial charge is 0.160 e. The summed E-state index contributed by atoms with van der Waals surface area (Å²) in [5.41, 5.74) is 10.9. The molecule has 0 amide bonds. The van der Waals surface area contributed by atoms with Crippen LogP contribution in [0, 0.1) is 34.5 Å². The molecule has 2 aromatic heterocycles. The molecule has 2 aromatic carbocycles. The first-order chi connectivity index (χ1) is 26.2. The highest BCUT2D eigenvalue weighted by Crippen LogP contribution is 2.62. The van der Waals surface area contributed by atoms with Crippen molar-refractivity contribution in [2.45, 2.75) is 109 Å². The summed E-state index contributed by atoms with van der Waals surface area (Å²) in [6, 6.07) is 8.52. The van der Waals surface area contributed by atoms with Crippen LogP contribution in [-0.2, 0) is 12.8 Å². The Morgan fingerprint density at radius 3 is 1.87 bits per heavy atom. The van der Waals surface area contributed by atoms with Gasteiger partial charge in [0.2, 0.25) is 0 Å². The van der Waals surface area contributed by atoms with Gasteiger partial charge in [-0.15, -0.1) is 20.4 Å². The topological polar surface area (TPSA) is 145 Å². The van der Waals surface area contributed by atoms with Crippen molar-refractivity contribution in [2.24, 2.45) is 39.6 Å². The van der Waals surface area contributed by atoms with E-state index in [1.165, 1.54) is 79.3 Å². The number of benzene rings is 2. The molecule has 12 nitrogen and oxygen atoms in total. The van der Waals surface area contributed by atoms with Crippen LogP contribution in [0.2, 0.25) is 0 Å². The second-order valence-electron chi connectivity index (χ2n) is 17.3. The van der Waals surface area contributed by atoms with E-state index in [1.54, 1.807) is 44.2 Å². The lowest BCUT2D eigenvalue weighted by Crippen LogP contribution is -2.47. The van der Waals surface area contributed by atoms with Crippen molar-refractivity contribution in [2.75, 3.05) is 19.6 Å². The number of phenolic OH excluding ortho intramolecular Hbond substituents is 2. The van der Waals surface area contributed by atoms with E-state index in [9.17, 15) is 10.2 Å². The van der Waals surface area contributed by atoms with Gasteiger partial charge in [0.1, 0.15) is 25.3 Å². The lowest BCUT2D eigenvalue weighted by Gasteiger charge is -2.51. The Labute approximate surface area is 317 Å². The molecule has 2 heterocycles. The van der Waals surface area contributed by atoms with E-state index < -0.39 is 0 Å². The molecule has 0 aliphatic heterocycles. The molecule has 6 aliphatic carbocycles. The van der Waals surface area contributed by atoms with Crippen molar-refractivity contribution in [1.29, 1.82) is 0 Å². The lowest BCUT2D eigenvalue weighted by atomic mass is 9.55. The molecule has 0 radical (unpaired) electrons. The Morgan fingerprint density at radius 2 is 1.26 bits per heavy atom. The highest BCUT2D eigenvalue weighted by Gasteiger charge is 2.56. The number of nitrogens with one attached hydrogen (secondary N) is 1. The monoisotopic (exact) mass is 734 g/mol. The number of phenols is 2. The zero-order valence-corrected chi connectivity index (χ0v) is 32.0. The molecule has 0 saturated heterocycles. The van der Waals surface area contributed by atoms with Crippen LogP contribution < -0.4 is 14.9 Å². The zero-order chi connectivity index (χ0) is 37.2. The van der Waals surface area contributed by atoms with Gasteiger partial charge in [-0.25, -0.2) is 9.35 Å². The largest absolute Gasteiger partial charge is 0.504 e. The van der Waals surface area contributed by atoms with Crippen LogP contribution in [0.5, 0.6) is 23.0 Å². The normalized spacial score (nSPS) is 33.9. The third kappa shape index (κ3) is 5.73. The molecule has 4 saturated carbocycles. The number of ether oxygens (including phenoxy) is 2. The lowest BCUT2D eigenvalue weighted by molar-refractivity contribution is 0.0511. The number of hydrogen-bond acceptors (Lipinski definition) is 10. The fraction of sp³-hybridized carbons (Fsp3) is 0.595. The predicted molar refractivity (Wildman–Crippen MR) is 205 cm³/mol. The second kappa shape index (κ2) is 13.6. The van der Waals surface area contributed by atoms with Gasteiger partial charge in [0.05, 0.1) is 14.2 Å².